The summed E-state index contributed by atoms with van der Waals surface area (Å²) >= 11 is 0. The number of hydrogen-bond donors (Lipinski definition) is 2. The maximum Gasteiger partial charge on any atom is 0.225 e. The van der Waals surface area contributed by atoms with Crippen molar-refractivity contribution in [3.05, 3.63) is 29.3 Å². The zero-order valence-electron chi connectivity index (χ0n) is 13.4. The maximum absolute atomic E-state index is 12.1. The van der Waals surface area contributed by atoms with Crippen LogP contribution in [0, 0.1) is 12.3 Å². The van der Waals surface area contributed by atoms with Crippen LogP contribution in [0.1, 0.15) is 51.7 Å². The van der Waals surface area contributed by atoms with Crippen LogP contribution in [0.2, 0.25) is 0 Å². The number of carbonyl (C=O) groups is 1. The summed E-state index contributed by atoms with van der Waals surface area (Å²) in [4.78, 5) is 12.1. The predicted octanol–water partition coefficient (Wildman–Crippen LogP) is 3.65. The van der Waals surface area contributed by atoms with E-state index in [2.05, 4.69) is 39.1 Å². The molecular weight excluding hydrogens is 248 g/mol. The molecule has 0 spiro atoms. The molecule has 0 saturated carbocycles. The van der Waals surface area contributed by atoms with Crippen LogP contribution in [-0.2, 0) is 11.2 Å². The Morgan fingerprint density at radius 2 is 2.00 bits per heavy atom. The average molecular weight is 276 g/mol. The van der Waals surface area contributed by atoms with E-state index in [9.17, 15) is 4.79 Å². The van der Waals surface area contributed by atoms with Gasteiger partial charge in [0.2, 0.25) is 5.91 Å². The van der Waals surface area contributed by atoms with Crippen LogP contribution in [0.4, 0.5) is 5.69 Å². The lowest BCUT2D eigenvalue weighted by atomic mass is 9.87. The molecule has 0 aliphatic carbocycles. The molecular formula is C17H28N2O. The largest absolute Gasteiger partial charge is 0.327 e. The number of amides is 1. The molecule has 112 valence electrons. The van der Waals surface area contributed by atoms with Crippen molar-refractivity contribution in [2.24, 2.45) is 11.1 Å². The minimum absolute atomic E-state index is 0.00532. The van der Waals surface area contributed by atoms with Crippen LogP contribution in [0.3, 0.4) is 0 Å². The number of aryl methyl sites for hydroxylation is 2. The lowest BCUT2D eigenvalue weighted by Gasteiger charge is -2.23. The van der Waals surface area contributed by atoms with Crippen molar-refractivity contribution in [3.63, 3.8) is 0 Å². The topological polar surface area (TPSA) is 55.1 Å². The molecule has 3 nitrogen and oxygen atoms in total. The summed E-state index contributed by atoms with van der Waals surface area (Å²) in [7, 11) is 0. The van der Waals surface area contributed by atoms with Crippen LogP contribution in [0.15, 0.2) is 18.2 Å². The first-order valence-electron chi connectivity index (χ1n) is 7.37. The summed E-state index contributed by atoms with van der Waals surface area (Å²) in [6.07, 6.45) is 2.12. The van der Waals surface area contributed by atoms with E-state index in [1.54, 1.807) is 0 Å². The fraction of sp³-hybridized carbons (Fsp3) is 0.588. The molecule has 0 fully saturated rings. The summed E-state index contributed by atoms with van der Waals surface area (Å²) in [6.45, 7) is 10.5. The molecule has 3 heteroatoms. The predicted molar refractivity (Wildman–Crippen MR) is 85.9 cm³/mol. The van der Waals surface area contributed by atoms with Gasteiger partial charge in [-0.05, 0) is 36.3 Å². The summed E-state index contributed by atoms with van der Waals surface area (Å²) in [5.41, 5.74) is 9.43. The molecule has 1 atom stereocenters. The Morgan fingerprint density at radius 3 is 2.55 bits per heavy atom. The minimum atomic E-state index is -0.0934. The monoisotopic (exact) mass is 276 g/mol. The Labute approximate surface area is 122 Å². The van der Waals surface area contributed by atoms with Crippen LogP contribution >= 0.6 is 0 Å². The molecule has 3 N–H and O–H groups in total. The van der Waals surface area contributed by atoms with Crippen molar-refractivity contribution in [1.82, 2.24) is 0 Å². The molecule has 0 bridgehead atoms. The quantitative estimate of drug-likeness (QED) is 0.862. The summed E-state index contributed by atoms with van der Waals surface area (Å²) in [6, 6.07) is 6.00. The van der Waals surface area contributed by atoms with E-state index in [1.807, 2.05) is 19.1 Å². The molecule has 0 aliphatic heterocycles. The van der Waals surface area contributed by atoms with Gasteiger partial charge in [0, 0.05) is 18.2 Å². The summed E-state index contributed by atoms with van der Waals surface area (Å²) in [5.74, 6) is 0.00532. The minimum Gasteiger partial charge on any atom is -0.327 e. The highest BCUT2D eigenvalue weighted by Gasteiger charge is 2.18. The second-order valence-electron chi connectivity index (χ2n) is 6.74. The lowest BCUT2D eigenvalue weighted by molar-refractivity contribution is -0.116. The molecule has 0 aliphatic rings. The van der Waals surface area contributed by atoms with Gasteiger partial charge in [-0.25, -0.2) is 0 Å². The molecule has 1 aromatic carbocycles. The normalized spacial score (nSPS) is 13.1. The smallest absolute Gasteiger partial charge is 0.225 e. The Hall–Kier alpha value is -1.35. The van der Waals surface area contributed by atoms with Crippen LogP contribution in [0.5, 0.6) is 0 Å². The zero-order chi connectivity index (χ0) is 15.3. The first-order valence-corrected chi connectivity index (χ1v) is 7.37. The van der Waals surface area contributed by atoms with Crippen LogP contribution in [-0.4, -0.2) is 11.9 Å². The van der Waals surface area contributed by atoms with Gasteiger partial charge in [-0.15, -0.1) is 0 Å². The number of rotatable bonds is 5. The molecule has 1 amide bonds. The van der Waals surface area contributed by atoms with Gasteiger partial charge in [0.05, 0.1) is 0 Å². The SMILES string of the molecule is CCc1cccc(C)c1NC(=O)CC(N)CC(C)(C)C. The Bertz CT molecular complexity index is 461. The highest BCUT2D eigenvalue weighted by Crippen LogP contribution is 2.23. The molecule has 0 radical (unpaired) electrons. The van der Waals surface area contributed by atoms with E-state index in [0.717, 1.165) is 24.1 Å². The second-order valence-corrected chi connectivity index (χ2v) is 6.74. The second kappa shape index (κ2) is 6.89. The Balaban J connectivity index is 2.68. The third-order valence-electron chi connectivity index (χ3n) is 3.33. The highest BCUT2D eigenvalue weighted by molar-refractivity contribution is 5.92. The van der Waals surface area contributed by atoms with E-state index in [1.165, 1.54) is 5.56 Å². The van der Waals surface area contributed by atoms with Gasteiger partial charge in [-0.2, -0.15) is 0 Å². The average Bonchev–Trinajstić information content (AvgIpc) is 2.28. The molecule has 1 unspecified atom stereocenters. The van der Waals surface area contributed by atoms with Gasteiger partial charge in [0.25, 0.3) is 0 Å². The fourth-order valence-electron chi connectivity index (χ4n) is 2.49. The van der Waals surface area contributed by atoms with Crippen molar-refractivity contribution in [1.29, 1.82) is 0 Å². The van der Waals surface area contributed by atoms with Crippen molar-refractivity contribution in [2.75, 3.05) is 5.32 Å². The number of anilines is 1. The number of carbonyl (C=O) groups excluding carboxylic acids is 1. The third-order valence-corrected chi connectivity index (χ3v) is 3.33. The number of para-hydroxylation sites is 1. The molecule has 1 aromatic rings. The Morgan fingerprint density at radius 1 is 1.35 bits per heavy atom. The molecule has 20 heavy (non-hydrogen) atoms. The van der Waals surface area contributed by atoms with E-state index >= 15 is 0 Å². The first kappa shape index (κ1) is 16.7. The molecule has 0 heterocycles. The Kier molecular flexibility index (Phi) is 5.75. The summed E-state index contributed by atoms with van der Waals surface area (Å²) < 4.78 is 0. The zero-order valence-corrected chi connectivity index (χ0v) is 13.4. The van der Waals surface area contributed by atoms with Crippen LogP contribution in [0.25, 0.3) is 0 Å². The van der Waals surface area contributed by atoms with Crippen molar-refractivity contribution in [2.45, 2.75) is 59.9 Å². The van der Waals surface area contributed by atoms with Gasteiger partial charge in [0.1, 0.15) is 0 Å². The highest BCUT2D eigenvalue weighted by atomic mass is 16.1. The molecule has 0 aromatic heterocycles. The maximum atomic E-state index is 12.1. The summed E-state index contributed by atoms with van der Waals surface area (Å²) in [5, 5.41) is 3.03. The van der Waals surface area contributed by atoms with Crippen LogP contribution < -0.4 is 11.1 Å². The fourth-order valence-corrected chi connectivity index (χ4v) is 2.49. The lowest BCUT2D eigenvalue weighted by Crippen LogP contribution is -2.31. The standard InChI is InChI=1S/C17H28N2O/c1-6-13-9-7-8-12(2)16(13)19-15(20)10-14(18)11-17(3,4)5/h7-9,14H,6,10-11,18H2,1-5H3,(H,19,20). The number of nitrogens with one attached hydrogen (secondary N) is 1. The molecule has 0 saturated heterocycles. The molecule has 1 rings (SSSR count). The van der Waals surface area contributed by atoms with Gasteiger partial charge in [-0.3, -0.25) is 4.79 Å². The number of hydrogen-bond acceptors (Lipinski definition) is 2. The third kappa shape index (κ3) is 5.33. The van der Waals surface area contributed by atoms with Gasteiger partial charge in [0.15, 0.2) is 0 Å². The van der Waals surface area contributed by atoms with Crippen molar-refractivity contribution < 1.29 is 4.79 Å². The number of benzene rings is 1. The van der Waals surface area contributed by atoms with Crippen molar-refractivity contribution >= 4 is 11.6 Å². The van der Waals surface area contributed by atoms with Gasteiger partial charge in [-0.1, -0.05) is 45.9 Å². The number of nitrogens with two attached hydrogens (primary N) is 1. The van der Waals surface area contributed by atoms with E-state index in [0.29, 0.717) is 6.42 Å². The van der Waals surface area contributed by atoms with E-state index in [4.69, 9.17) is 5.73 Å². The van der Waals surface area contributed by atoms with E-state index < -0.39 is 0 Å². The van der Waals surface area contributed by atoms with Crippen molar-refractivity contribution in [3.8, 4) is 0 Å². The van der Waals surface area contributed by atoms with E-state index in [-0.39, 0.29) is 17.4 Å². The van der Waals surface area contributed by atoms with Gasteiger partial charge >= 0.3 is 0 Å². The first-order chi connectivity index (χ1) is 9.23. The van der Waals surface area contributed by atoms with Gasteiger partial charge < -0.3 is 11.1 Å².